The van der Waals surface area contributed by atoms with Crippen molar-refractivity contribution in [2.24, 2.45) is 7.05 Å². The zero-order valence-corrected chi connectivity index (χ0v) is 21.6. The highest BCUT2D eigenvalue weighted by Crippen LogP contribution is 2.36. The van der Waals surface area contributed by atoms with Gasteiger partial charge in [0.05, 0.1) is 47.3 Å². The van der Waals surface area contributed by atoms with Gasteiger partial charge < -0.3 is 9.64 Å². The van der Waals surface area contributed by atoms with E-state index < -0.39 is 18.2 Å². The van der Waals surface area contributed by atoms with Crippen LogP contribution in [0.3, 0.4) is 0 Å². The van der Waals surface area contributed by atoms with Gasteiger partial charge in [0, 0.05) is 19.0 Å². The molecule has 8 nitrogen and oxygen atoms in total. The molecule has 0 bridgehead atoms. The van der Waals surface area contributed by atoms with Crippen LogP contribution < -0.4 is 4.74 Å². The third-order valence-electron chi connectivity index (χ3n) is 5.00. The maximum atomic E-state index is 12.9. The van der Waals surface area contributed by atoms with Crippen molar-refractivity contribution in [3.63, 3.8) is 0 Å². The monoisotopic (exact) mass is 594 g/mol. The molecule has 13 heteroatoms. The van der Waals surface area contributed by atoms with Crippen LogP contribution in [0.4, 0.5) is 13.2 Å². The van der Waals surface area contributed by atoms with Gasteiger partial charge in [0.1, 0.15) is 6.10 Å². The number of fused-ring (bicyclic) bond motifs is 1. The van der Waals surface area contributed by atoms with Gasteiger partial charge in [-0.2, -0.15) is 23.4 Å². The third-order valence-corrected chi connectivity index (χ3v) is 6.87. The van der Waals surface area contributed by atoms with E-state index in [1.165, 1.54) is 11.6 Å². The van der Waals surface area contributed by atoms with Crippen molar-refractivity contribution in [2.75, 3.05) is 13.1 Å². The lowest BCUT2D eigenvalue weighted by Gasteiger charge is -2.26. The largest absolute Gasteiger partial charge is 0.472 e. The lowest BCUT2D eigenvalue weighted by atomic mass is 10.1. The average Bonchev–Trinajstić information content (AvgIpc) is 3.26. The summed E-state index contributed by atoms with van der Waals surface area (Å²) < 4.78 is 48.0. The first-order chi connectivity index (χ1) is 15.5. The molecule has 1 amide bonds. The predicted octanol–water partition coefficient (Wildman–Crippen LogP) is 4.75. The van der Waals surface area contributed by atoms with Crippen molar-refractivity contribution >= 4 is 51.3 Å². The summed E-state index contributed by atoms with van der Waals surface area (Å²) in [5, 5.41) is 9.80. The van der Waals surface area contributed by atoms with Crippen LogP contribution in [0.1, 0.15) is 25.2 Å². The molecule has 0 aromatic carbocycles. The molecule has 0 aliphatic carbocycles. The van der Waals surface area contributed by atoms with Crippen LogP contribution in [-0.4, -0.2) is 60.5 Å². The highest BCUT2D eigenvalue weighted by Gasteiger charge is 2.42. The minimum atomic E-state index is -4.94. The number of carbonyl (C=O) groups is 1. The molecular formula is C20H23F3IN6O2P. The van der Waals surface area contributed by atoms with Gasteiger partial charge >= 0.3 is 12.1 Å². The Morgan fingerprint density at radius 2 is 2.12 bits per heavy atom. The number of halogens is 4. The molecule has 3 aromatic heterocycles. The number of hydrogen-bond donors (Lipinski definition) is 0. The summed E-state index contributed by atoms with van der Waals surface area (Å²) in [6, 6.07) is 1.87. The quantitative estimate of drug-likeness (QED) is 0.278. The number of likely N-dealkylation sites (N-methyl/N-ethyl adjacent to an activating group) is 1. The molecule has 3 rings (SSSR count). The van der Waals surface area contributed by atoms with Gasteiger partial charge in [0.2, 0.25) is 5.88 Å². The van der Waals surface area contributed by atoms with E-state index in [0.29, 0.717) is 34.1 Å². The Labute approximate surface area is 203 Å². The van der Waals surface area contributed by atoms with Crippen molar-refractivity contribution in [1.29, 1.82) is 0 Å². The van der Waals surface area contributed by atoms with Crippen molar-refractivity contribution in [3.8, 4) is 17.1 Å². The average molecular weight is 594 g/mol. The number of carbonyl (C=O) groups excluding carboxylic acids is 1. The van der Waals surface area contributed by atoms with E-state index in [0.717, 1.165) is 16.6 Å². The highest BCUT2D eigenvalue weighted by molar-refractivity contribution is 14.2. The maximum absolute atomic E-state index is 12.9. The molecule has 0 aliphatic rings. The number of rotatable bonds is 8. The van der Waals surface area contributed by atoms with Crippen molar-refractivity contribution in [2.45, 2.75) is 33.1 Å². The van der Waals surface area contributed by atoms with Gasteiger partial charge in [-0.3, -0.25) is 9.78 Å². The van der Waals surface area contributed by atoms with Gasteiger partial charge in [-0.1, -0.05) is 6.58 Å². The Morgan fingerprint density at radius 1 is 1.42 bits per heavy atom. The molecule has 0 saturated carbocycles. The first kappa shape index (κ1) is 25.4. The number of ether oxygens (including phenoxy) is 1. The molecule has 0 fully saturated rings. The Hall–Kier alpha value is -2.21. The van der Waals surface area contributed by atoms with E-state index in [1.54, 1.807) is 33.2 Å². The molecule has 2 unspecified atom stereocenters. The lowest BCUT2D eigenvalue weighted by molar-refractivity contribution is -0.186. The summed E-state index contributed by atoms with van der Waals surface area (Å²) in [5.41, 5.74) is 3.45. The number of aryl methyl sites for hydroxylation is 2. The number of aromatic nitrogens is 5. The predicted molar refractivity (Wildman–Crippen MR) is 131 cm³/mol. The minimum Gasteiger partial charge on any atom is -0.472 e. The Bertz CT molecular complexity index is 1190. The van der Waals surface area contributed by atoms with E-state index in [4.69, 9.17) is 4.74 Å². The SMILES string of the molecule is C=Cc1nn(PI)c2cnc(-c3c(C)nn(C)c3OC(C)CN(CC)C(=O)C(F)(F)F)cc12. The third kappa shape index (κ3) is 5.16. The van der Waals surface area contributed by atoms with Crippen LogP contribution in [0, 0.1) is 6.92 Å². The normalized spacial score (nSPS) is 13.1. The fourth-order valence-electron chi connectivity index (χ4n) is 3.53. The highest BCUT2D eigenvalue weighted by atomic mass is 127. The van der Waals surface area contributed by atoms with Crippen LogP contribution >= 0.6 is 28.4 Å². The van der Waals surface area contributed by atoms with Crippen LogP contribution in [0.2, 0.25) is 0 Å². The molecular weight excluding hydrogens is 571 g/mol. The summed E-state index contributed by atoms with van der Waals surface area (Å²) in [6.07, 6.45) is -1.87. The summed E-state index contributed by atoms with van der Waals surface area (Å²) in [4.78, 5) is 16.9. The second kappa shape index (κ2) is 9.96. The molecule has 3 aromatic rings. The maximum Gasteiger partial charge on any atom is 0.471 e. The first-order valence-corrected chi connectivity index (χ1v) is 14.0. The van der Waals surface area contributed by atoms with Crippen LogP contribution in [0.5, 0.6) is 5.88 Å². The summed E-state index contributed by atoms with van der Waals surface area (Å²) in [5.74, 6) is -1.54. The molecule has 0 spiro atoms. The smallest absolute Gasteiger partial charge is 0.471 e. The van der Waals surface area contributed by atoms with Gasteiger partial charge in [0.25, 0.3) is 0 Å². The van der Waals surface area contributed by atoms with E-state index in [9.17, 15) is 18.0 Å². The van der Waals surface area contributed by atoms with Gasteiger partial charge in [0.15, 0.2) is 0 Å². The van der Waals surface area contributed by atoms with E-state index >= 15 is 0 Å². The zero-order chi connectivity index (χ0) is 24.5. The summed E-state index contributed by atoms with van der Waals surface area (Å²) in [7, 11) is 1.68. The minimum absolute atomic E-state index is 0.0899. The van der Waals surface area contributed by atoms with Gasteiger partial charge in [-0.05, 0) is 55.0 Å². The number of hydrogen-bond acceptors (Lipinski definition) is 5. The van der Waals surface area contributed by atoms with Crippen molar-refractivity contribution in [1.82, 2.24) is 29.2 Å². The molecule has 178 valence electrons. The zero-order valence-electron chi connectivity index (χ0n) is 18.4. The number of pyridine rings is 1. The second-order valence-electron chi connectivity index (χ2n) is 7.33. The fourth-order valence-corrected chi connectivity index (χ4v) is 5.05. The Morgan fingerprint density at radius 3 is 2.70 bits per heavy atom. The first-order valence-electron chi connectivity index (χ1n) is 9.96. The molecule has 0 N–H and O–H groups in total. The van der Waals surface area contributed by atoms with Crippen molar-refractivity contribution < 1.29 is 22.7 Å². The topological polar surface area (TPSA) is 78.1 Å². The molecule has 33 heavy (non-hydrogen) atoms. The molecule has 0 radical (unpaired) electrons. The van der Waals surface area contributed by atoms with Crippen LogP contribution in [0.15, 0.2) is 18.8 Å². The van der Waals surface area contributed by atoms with Crippen LogP contribution in [0.25, 0.3) is 28.2 Å². The molecule has 0 saturated heterocycles. The van der Waals surface area contributed by atoms with Gasteiger partial charge in [-0.25, -0.2) is 9.13 Å². The Kier molecular flexibility index (Phi) is 7.67. The van der Waals surface area contributed by atoms with Gasteiger partial charge in [-0.15, -0.1) is 0 Å². The standard InChI is InChI=1S/C20H23F3IN6O2P/c1-6-14-13-8-15(25-9-16(13)30(27-14)33-24)17-12(4)26-28(5)18(17)32-11(3)10-29(7-2)19(31)20(21,22)23/h6,8-9,11,33H,1,7,10H2,2-5H3. The fraction of sp³-hybridized carbons (Fsp3) is 0.400. The Balaban J connectivity index is 1.96. The summed E-state index contributed by atoms with van der Waals surface area (Å²) >= 11 is 2.23. The second-order valence-corrected chi connectivity index (χ2v) is 9.37. The van der Waals surface area contributed by atoms with E-state index in [1.807, 2.05) is 10.5 Å². The van der Waals surface area contributed by atoms with E-state index in [2.05, 4.69) is 43.8 Å². The number of amides is 1. The van der Waals surface area contributed by atoms with Crippen molar-refractivity contribution in [3.05, 3.63) is 30.2 Å². The number of alkyl halides is 3. The van der Waals surface area contributed by atoms with Crippen LogP contribution in [-0.2, 0) is 11.8 Å². The van der Waals surface area contributed by atoms with E-state index in [-0.39, 0.29) is 13.1 Å². The molecule has 2 atom stereocenters. The summed E-state index contributed by atoms with van der Waals surface area (Å²) in [6.45, 7) is 8.41. The lowest BCUT2D eigenvalue weighted by Crippen LogP contribution is -2.45. The molecule has 0 aliphatic heterocycles. The molecule has 3 heterocycles. The number of nitrogens with zero attached hydrogens (tertiary/aromatic N) is 6.